The Kier molecular flexibility index (Phi) is 31.0. The van der Waals surface area contributed by atoms with Crippen molar-refractivity contribution < 1.29 is 57.8 Å². The van der Waals surface area contributed by atoms with Gasteiger partial charge in [0.25, 0.3) is 0 Å². The molecule has 1 aliphatic rings. The predicted octanol–water partition coefficient (Wildman–Crippen LogP) is 3.32. The molecular formula is C62H111N11O12. The van der Waals surface area contributed by atoms with Gasteiger partial charge in [-0.2, -0.15) is 0 Å². The summed E-state index contributed by atoms with van der Waals surface area (Å²) in [7, 11) is 8.47. The first-order valence-electron chi connectivity index (χ1n) is 30.5. The second kappa shape index (κ2) is 34.3. The molecule has 1 fully saturated rings. The quantitative estimate of drug-likeness (QED) is 0.129. The molecule has 1 saturated heterocycles. The van der Waals surface area contributed by atoms with Crippen molar-refractivity contribution >= 4 is 65.0 Å². The molecule has 12 atom stereocenters. The van der Waals surface area contributed by atoms with Crippen LogP contribution in [0.5, 0.6) is 0 Å². The molecule has 1 heterocycles. The van der Waals surface area contributed by atoms with Gasteiger partial charge in [-0.15, -0.1) is 0 Å². The summed E-state index contributed by atoms with van der Waals surface area (Å²) in [5.41, 5.74) is -1.73. The number of carbonyl (C=O) groups excluding carboxylic acids is 11. The molecule has 0 aromatic rings. The van der Waals surface area contributed by atoms with Gasteiger partial charge in [-0.3, -0.25) is 52.7 Å². The first-order chi connectivity index (χ1) is 39.1. The molecule has 0 saturated carbocycles. The SMILES string of the molecule is C/C=C/C[C@@H](C)[C@@H](O)[C@H]1C(=O)NC(C)(CC)C(=O)N(C)CC(=O)N(C)[C@@H](CC(C)C)C(=O)N[C@@H](C(C)C)C(=O)N[C@H](CC(C)C)C(=O)N[C@@H](C)C(=O)N[C@H](C)C(=O)N(C)[C@@H](CC(C)C)C(=O)N(C)[C@@H](CC(C)C)C(=O)N(C)[C@H](C(C)C)C(=O)N1C. The maximum Gasteiger partial charge on any atom is 0.248 e. The highest BCUT2D eigenvalue weighted by Crippen LogP contribution is 2.26. The van der Waals surface area contributed by atoms with Crippen molar-refractivity contribution in [1.29, 1.82) is 0 Å². The third-order valence-corrected chi connectivity index (χ3v) is 16.1. The van der Waals surface area contributed by atoms with Crippen molar-refractivity contribution in [1.82, 2.24) is 56.0 Å². The molecule has 6 N–H and O–H groups in total. The minimum Gasteiger partial charge on any atom is -0.390 e. The molecule has 0 spiro atoms. The zero-order valence-electron chi connectivity index (χ0n) is 56.0. The van der Waals surface area contributed by atoms with Crippen LogP contribution >= 0.6 is 0 Å². The minimum absolute atomic E-state index is 0.0123. The van der Waals surface area contributed by atoms with Crippen LogP contribution in [0.15, 0.2) is 12.2 Å². The summed E-state index contributed by atoms with van der Waals surface area (Å²) in [6, 6.07) is -11.2. The Morgan fingerprint density at radius 1 is 0.518 bits per heavy atom. The molecule has 1 unspecified atom stereocenters. The van der Waals surface area contributed by atoms with Crippen molar-refractivity contribution in [3.63, 3.8) is 0 Å². The average molecular weight is 1200 g/mol. The minimum atomic E-state index is -1.73. The van der Waals surface area contributed by atoms with E-state index in [0.717, 1.165) is 9.80 Å². The van der Waals surface area contributed by atoms with Gasteiger partial charge in [0.15, 0.2) is 0 Å². The highest BCUT2D eigenvalue weighted by atomic mass is 16.3. The number of hydrogen-bond acceptors (Lipinski definition) is 12. The van der Waals surface area contributed by atoms with Crippen LogP contribution in [-0.4, -0.2) is 214 Å². The zero-order chi connectivity index (χ0) is 66.0. The van der Waals surface area contributed by atoms with E-state index in [1.807, 2.05) is 55.4 Å². The van der Waals surface area contributed by atoms with Crippen LogP contribution < -0.4 is 26.6 Å². The van der Waals surface area contributed by atoms with Crippen molar-refractivity contribution in [2.45, 2.75) is 229 Å². The number of rotatable bonds is 15. The fraction of sp³-hybridized carbons (Fsp3) is 0.790. The lowest BCUT2D eigenvalue weighted by Gasteiger charge is -2.42. The van der Waals surface area contributed by atoms with Crippen LogP contribution in [0.2, 0.25) is 0 Å². The molecule has 85 heavy (non-hydrogen) atoms. The number of likely N-dealkylation sites (N-methyl/N-ethyl adjacent to an activating group) is 6. The van der Waals surface area contributed by atoms with Gasteiger partial charge in [-0.1, -0.05) is 109 Å². The maximum atomic E-state index is 15.2. The van der Waals surface area contributed by atoms with E-state index in [4.69, 9.17) is 0 Å². The van der Waals surface area contributed by atoms with Crippen LogP contribution in [0.25, 0.3) is 0 Å². The summed E-state index contributed by atoms with van der Waals surface area (Å²) in [6.07, 6.45) is 2.95. The van der Waals surface area contributed by atoms with E-state index in [-0.39, 0.29) is 55.8 Å². The van der Waals surface area contributed by atoms with Gasteiger partial charge < -0.3 is 61.1 Å². The maximum absolute atomic E-state index is 15.2. The number of aliphatic hydroxyl groups excluding tert-OH is 1. The number of allylic oxidation sites excluding steroid dienone is 2. The van der Waals surface area contributed by atoms with Crippen LogP contribution in [0, 0.1) is 41.4 Å². The number of carbonyl (C=O) groups is 11. The summed E-state index contributed by atoms with van der Waals surface area (Å²) >= 11 is 0. The third kappa shape index (κ3) is 21.7. The highest BCUT2D eigenvalue weighted by Gasteiger charge is 2.47. The molecule has 1 aliphatic heterocycles. The van der Waals surface area contributed by atoms with E-state index in [1.54, 1.807) is 60.6 Å². The van der Waals surface area contributed by atoms with E-state index in [2.05, 4.69) is 26.6 Å². The average Bonchev–Trinajstić information content (AvgIpc) is 2.36. The van der Waals surface area contributed by atoms with E-state index < -0.39 is 155 Å². The number of aliphatic hydroxyl groups is 1. The van der Waals surface area contributed by atoms with Gasteiger partial charge in [-0.05, 0) is 108 Å². The monoisotopic (exact) mass is 1200 g/mol. The van der Waals surface area contributed by atoms with Crippen LogP contribution in [0.1, 0.15) is 163 Å². The van der Waals surface area contributed by atoms with Crippen molar-refractivity contribution in [3.8, 4) is 0 Å². The Morgan fingerprint density at radius 3 is 1.44 bits per heavy atom. The van der Waals surface area contributed by atoms with E-state index in [0.29, 0.717) is 6.42 Å². The second-order valence-electron chi connectivity index (χ2n) is 26.4. The first-order valence-corrected chi connectivity index (χ1v) is 30.5. The number of nitrogens with one attached hydrogen (secondary N) is 5. The predicted molar refractivity (Wildman–Crippen MR) is 328 cm³/mol. The van der Waals surface area contributed by atoms with Gasteiger partial charge in [0.05, 0.1) is 12.6 Å². The molecule has 486 valence electrons. The van der Waals surface area contributed by atoms with Crippen molar-refractivity contribution in [3.05, 3.63) is 12.2 Å². The van der Waals surface area contributed by atoms with Crippen LogP contribution in [0.4, 0.5) is 0 Å². The molecule has 23 nitrogen and oxygen atoms in total. The summed E-state index contributed by atoms with van der Waals surface area (Å²) in [4.78, 5) is 167. The molecule has 0 aromatic carbocycles. The lowest BCUT2D eigenvalue weighted by molar-refractivity contribution is -0.158. The second-order valence-corrected chi connectivity index (χ2v) is 26.4. The Hall–Kier alpha value is -6.13. The number of hydrogen-bond donors (Lipinski definition) is 6. The summed E-state index contributed by atoms with van der Waals surface area (Å²) in [5, 5.41) is 25.9. The van der Waals surface area contributed by atoms with E-state index in [1.165, 1.54) is 82.7 Å². The van der Waals surface area contributed by atoms with Crippen LogP contribution in [0.3, 0.4) is 0 Å². The molecule has 0 aromatic heterocycles. The molecule has 0 bridgehead atoms. The van der Waals surface area contributed by atoms with E-state index in [9.17, 15) is 48.3 Å². The fourth-order valence-corrected chi connectivity index (χ4v) is 10.6. The normalized spacial score (nSPS) is 27.7. The summed E-state index contributed by atoms with van der Waals surface area (Å²) < 4.78 is 0. The fourth-order valence-electron chi connectivity index (χ4n) is 10.6. The zero-order valence-corrected chi connectivity index (χ0v) is 56.0. The van der Waals surface area contributed by atoms with Gasteiger partial charge in [0.2, 0.25) is 65.0 Å². The van der Waals surface area contributed by atoms with Crippen molar-refractivity contribution in [2.24, 2.45) is 41.4 Å². The molecule has 0 aliphatic carbocycles. The highest BCUT2D eigenvalue weighted by molar-refractivity contribution is 6.00. The number of nitrogens with zero attached hydrogens (tertiary/aromatic N) is 6. The van der Waals surface area contributed by atoms with Gasteiger partial charge >= 0.3 is 0 Å². The third-order valence-electron chi connectivity index (χ3n) is 16.1. The molecule has 0 radical (unpaired) electrons. The first kappa shape index (κ1) is 76.9. The Labute approximate surface area is 508 Å². The Morgan fingerprint density at radius 2 is 0.976 bits per heavy atom. The molecule has 1 rings (SSSR count). The number of amides is 11. The van der Waals surface area contributed by atoms with Gasteiger partial charge in [0, 0.05) is 42.3 Å². The Bertz CT molecular complexity index is 2340. The molecule has 23 heteroatoms. The summed E-state index contributed by atoms with van der Waals surface area (Å²) in [6.45, 7) is 30.7. The van der Waals surface area contributed by atoms with Crippen molar-refractivity contribution in [2.75, 3.05) is 48.8 Å². The standard InChI is InChI=1S/C62H111N11O12/c1-25-27-28-40(15)51(75)50-56(80)67-62(18,26-2)61(85)68(19)33-47(74)69(20)44(30-35(5)6)54(78)66-48(38(11)12)55(79)65-43(29-34(3)4)53(77)63-41(16)52(76)64-42(17)57(81)70(21)45(31-36(7)8)58(82)71(22)46(32-37(9)10)59(83)72(23)49(39(13)14)60(84)73(50)24/h25,27,34-46,48-51,75H,26,28-33H2,1-24H3,(H,63,77)(H,64,76)(H,65,79)(H,66,78)(H,67,80)/b27-25+/t40-,41+,42-,43-,44+,45+,46+,48+,49-,50+,51-,62?/m1/s1. The topological polar surface area (TPSA) is 288 Å². The lowest BCUT2D eigenvalue weighted by Crippen LogP contribution is -2.66. The Balaban J connectivity index is 4.33. The van der Waals surface area contributed by atoms with Crippen LogP contribution in [-0.2, 0) is 52.7 Å². The van der Waals surface area contributed by atoms with E-state index >= 15 is 9.59 Å². The molecular weight excluding hydrogens is 1090 g/mol. The molecule has 11 amide bonds. The smallest absolute Gasteiger partial charge is 0.248 e. The van der Waals surface area contributed by atoms with Gasteiger partial charge in [-0.25, -0.2) is 0 Å². The lowest BCUT2D eigenvalue weighted by atomic mass is 9.90. The van der Waals surface area contributed by atoms with Gasteiger partial charge in [0.1, 0.15) is 59.9 Å². The summed E-state index contributed by atoms with van der Waals surface area (Å²) in [5.74, 6) is -9.95. The largest absolute Gasteiger partial charge is 0.390 e.